The van der Waals surface area contributed by atoms with Crippen LogP contribution in [-0.2, 0) is 11.3 Å². The van der Waals surface area contributed by atoms with Crippen LogP contribution in [0.25, 0.3) is 0 Å². The Morgan fingerprint density at radius 1 is 1.83 bits per heavy atom. The van der Waals surface area contributed by atoms with Crippen LogP contribution in [0.15, 0.2) is 12.4 Å². The third kappa shape index (κ3) is 1.81. The highest BCUT2D eigenvalue weighted by molar-refractivity contribution is 5.88. The summed E-state index contributed by atoms with van der Waals surface area (Å²) in [4.78, 5) is 10.9. The van der Waals surface area contributed by atoms with Crippen LogP contribution in [0.2, 0.25) is 0 Å². The van der Waals surface area contributed by atoms with Crippen molar-refractivity contribution in [2.45, 2.75) is 6.54 Å². The van der Waals surface area contributed by atoms with Crippen LogP contribution in [0, 0.1) is 0 Å². The number of esters is 1. The molecule has 0 amide bonds. The fraction of sp³-hybridized carbons (Fsp3) is 0.429. The lowest BCUT2D eigenvalue weighted by molar-refractivity contribution is 0.0600. The Morgan fingerprint density at radius 2 is 2.58 bits per heavy atom. The van der Waals surface area contributed by atoms with E-state index in [0.29, 0.717) is 5.56 Å². The van der Waals surface area contributed by atoms with E-state index in [9.17, 15) is 9.18 Å². The maximum absolute atomic E-state index is 11.8. The number of aromatic nitrogens is 2. The minimum Gasteiger partial charge on any atom is -0.465 e. The van der Waals surface area contributed by atoms with Gasteiger partial charge in [-0.2, -0.15) is 5.10 Å². The number of carbonyl (C=O) groups excluding carboxylic acids is 1. The van der Waals surface area contributed by atoms with E-state index in [1.807, 2.05) is 0 Å². The van der Waals surface area contributed by atoms with Gasteiger partial charge in [-0.25, -0.2) is 9.18 Å². The summed E-state index contributed by atoms with van der Waals surface area (Å²) in [6.07, 6.45) is 2.80. The van der Waals surface area contributed by atoms with Crippen molar-refractivity contribution in [1.82, 2.24) is 9.78 Å². The molecule has 0 atom stereocenters. The van der Waals surface area contributed by atoms with Gasteiger partial charge in [0.2, 0.25) is 0 Å². The lowest BCUT2D eigenvalue weighted by Gasteiger charge is -1.93. The second-order valence-corrected chi connectivity index (χ2v) is 2.17. The molecular formula is C7H9FN2O2. The zero-order chi connectivity index (χ0) is 8.97. The van der Waals surface area contributed by atoms with Gasteiger partial charge in [0.15, 0.2) is 0 Å². The van der Waals surface area contributed by atoms with Crippen LogP contribution < -0.4 is 0 Å². The molecule has 0 spiro atoms. The Balaban J connectivity index is 2.70. The molecule has 0 radical (unpaired) electrons. The number of carbonyl (C=O) groups is 1. The summed E-state index contributed by atoms with van der Waals surface area (Å²) < 4.78 is 17.6. The van der Waals surface area contributed by atoms with Crippen molar-refractivity contribution in [1.29, 1.82) is 0 Å². The number of ether oxygens (including phenoxy) is 1. The predicted octanol–water partition coefficient (Wildman–Crippen LogP) is 0.639. The fourth-order valence-corrected chi connectivity index (χ4v) is 0.796. The van der Waals surface area contributed by atoms with Gasteiger partial charge in [-0.05, 0) is 0 Å². The van der Waals surface area contributed by atoms with E-state index in [1.165, 1.54) is 24.2 Å². The number of hydrogen-bond acceptors (Lipinski definition) is 3. The molecule has 1 aromatic heterocycles. The van der Waals surface area contributed by atoms with Crippen molar-refractivity contribution in [3.8, 4) is 0 Å². The summed E-state index contributed by atoms with van der Waals surface area (Å²) in [7, 11) is 1.29. The summed E-state index contributed by atoms with van der Waals surface area (Å²) >= 11 is 0. The highest BCUT2D eigenvalue weighted by atomic mass is 19.1. The maximum Gasteiger partial charge on any atom is 0.341 e. The van der Waals surface area contributed by atoms with Gasteiger partial charge < -0.3 is 4.74 Å². The Kier molecular flexibility index (Phi) is 2.79. The van der Waals surface area contributed by atoms with Crippen molar-refractivity contribution in [3.63, 3.8) is 0 Å². The summed E-state index contributed by atoms with van der Waals surface area (Å²) in [5.74, 6) is -0.458. The van der Waals surface area contributed by atoms with Crippen LogP contribution in [0.4, 0.5) is 4.39 Å². The molecule has 0 aliphatic carbocycles. The highest BCUT2D eigenvalue weighted by Crippen LogP contribution is 1.99. The maximum atomic E-state index is 11.8. The van der Waals surface area contributed by atoms with Gasteiger partial charge in [0.1, 0.15) is 6.67 Å². The Hall–Kier alpha value is -1.39. The number of nitrogens with zero attached hydrogens (tertiary/aromatic N) is 2. The number of alkyl halides is 1. The monoisotopic (exact) mass is 172 g/mol. The van der Waals surface area contributed by atoms with E-state index in [-0.39, 0.29) is 6.54 Å². The molecule has 0 aliphatic heterocycles. The number of hydrogen-bond donors (Lipinski definition) is 0. The van der Waals surface area contributed by atoms with Gasteiger partial charge in [0, 0.05) is 6.20 Å². The number of methoxy groups -OCH3 is 1. The van der Waals surface area contributed by atoms with E-state index < -0.39 is 12.6 Å². The molecule has 0 unspecified atom stereocenters. The first-order valence-corrected chi connectivity index (χ1v) is 3.44. The van der Waals surface area contributed by atoms with Crippen LogP contribution in [0.5, 0.6) is 0 Å². The second kappa shape index (κ2) is 3.85. The molecule has 0 aliphatic rings. The SMILES string of the molecule is COC(=O)c1cnn(CCF)c1. The van der Waals surface area contributed by atoms with Crippen molar-refractivity contribution < 1.29 is 13.9 Å². The van der Waals surface area contributed by atoms with Gasteiger partial charge in [0.25, 0.3) is 0 Å². The second-order valence-electron chi connectivity index (χ2n) is 2.17. The standard InChI is InChI=1S/C7H9FN2O2/c1-12-7(11)6-4-9-10(5-6)3-2-8/h4-5H,2-3H2,1H3. The average molecular weight is 172 g/mol. The molecule has 0 bridgehead atoms. The normalized spacial score (nSPS) is 9.83. The fourth-order valence-electron chi connectivity index (χ4n) is 0.796. The Morgan fingerprint density at radius 3 is 3.17 bits per heavy atom. The minimum absolute atomic E-state index is 0.164. The topological polar surface area (TPSA) is 44.1 Å². The van der Waals surface area contributed by atoms with Gasteiger partial charge >= 0.3 is 5.97 Å². The molecule has 4 nitrogen and oxygen atoms in total. The smallest absolute Gasteiger partial charge is 0.341 e. The molecule has 66 valence electrons. The van der Waals surface area contributed by atoms with Crippen molar-refractivity contribution >= 4 is 5.97 Å². The van der Waals surface area contributed by atoms with E-state index >= 15 is 0 Å². The van der Waals surface area contributed by atoms with Crippen LogP contribution in [0.3, 0.4) is 0 Å². The number of aryl methyl sites for hydroxylation is 1. The van der Waals surface area contributed by atoms with Crippen molar-refractivity contribution in [2.24, 2.45) is 0 Å². The van der Waals surface area contributed by atoms with Gasteiger partial charge in [-0.15, -0.1) is 0 Å². The summed E-state index contributed by atoms with van der Waals surface area (Å²) in [6, 6.07) is 0. The van der Waals surface area contributed by atoms with Crippen molar-refractivity contribution in [3.05, 3.63) is 18.0 Å². The summed E-state index contributed by atoms with van der Waals surface area (Å²) in [6.45, 7) is -0.334. The van der Waals surface area contributed by atoms with Gasteiger partial charge in [-0.3, -0.25) is 4.68 Å². The molecule has 0 N–H and O–H groups in total. The van der Waals surface area contributed by atoms with Gasteiger partial charge in [-0.1, -0.05) is 0 Å². The lowest BCUT2D eigenvalue weighted by Crippen LogP contribution is -2.01. The van der Waals surface area contributed by atoms with E-state index in [4.69, 9.17) is 0 Å². The first-order valence-electron chi connectivity index (χ1n) is 3.44. The third-order valence-electron chi connectivity index (χ3n) is 1.37. The van der Waals surface area contributed by atoms with Crippen LogP contribution in [-0.4, -0.2) is 29.5 Å². The molecule has 0 aromatic carbocycles. The summed E-state index contributed by atoms with van der Waals surface area (Å²) in [5, 5.41) is 3.75. The molecule has 1 heterocycles. The number of rotatable bonds is 3. The molecule has 1 aromatic rings. The quantitative estimate of drug-likeness (QED) is 0.628. The Labute approximate surface area is 68.9 Å². The first-order chi connectivity index (χ1) is 5.77. The zero-order valence-electron chi connectivity index (χ0n) is 6.66. The predicted molar refractivity (Wildman–Crippen MR) is 39.5 cm³/mol. The van der Waals surface area contributed by atoms with E-state index in [1.54, 1.807) is 0 Å². The van der Waals surface area contributed by atoms with Crippen molar-refractivity contribution in [2.75, 3.05) is 13.8 Å². The first kappa shape index (κ1) is 8.70. The van der Waals surface area contributed by atoms with Crippen LogP contribution >= 0.6 is 0 Å². The molecule has 0 fully saturated rings. The molecule has 12 heavy (non-hydrogen) atoms. The average Bonchev–Trinajstić information content (AvgIpc) is 2.52. The molecule has 0 saturated heterocycles. The zero-order valence-corrected chi connectivity index (χ0v) is 6.66. The van der Waals surface area contributed by atoms with E-state index in [0.717, 1.165) is 0 Å². The van der Waals surface area contributed by atoms with Gasteiger partial charge in [0.05, 0.1) is 25.4 Å². The third-order valence-corrected chi connectivity index (χ3v) is 1.37. The molecular weight excluding hydrogens is 163 g/mol. The highest BCUT2D eigenvalue weighted by Gasteiger charge is 2.07. The van der Waals surface area contributed by atoms with Crippen LogP contribution in [0.1, 0.15) is 10.4 Å². The molecule has 0 saturated carbocycles. The lowest BCUT2D eigenvalue weighted by atomic mass is 10.4. The molecule has 5 heteroatoms. The summed E-state index contributed by atoms with van der Waals surface area (Å²) in [5.41, 5.74) is 0.339. The van der Waals surface area contributed by atoms with E-state index in [2.05, 4.69) is 9.84 Å². The largest absolute Gasteiger partial charge is 0.465 e. The Bertz CT molecular complexity index is 272. The minimum atomic E-state index is -0.498. The molecule has 1 rings (SSSR count). The number of halogens is 1.